The summed E-state index contributed by atoms with van der Waals surface area (Å²) in [7, 11) is 3.95. The maximum atomic E-state index is 11.3. The van der Waals surface area contributed by atoms with E-state index in [1.165, 1.54) is 11.3 Å². The molecule has 2 aromatic rings. The van der Waals surface area contributed by atoms with Crippen LogP contribution in [0, 0.1) is 0 Å². The molecule has 9 nitrogen and oxygen atoms in total. The van der Waals surface area contributed by atoms with Crippen molar-refractivity contribution in [1.82, 2.24) is 15.0 Å². The molecule has 1 aliphatic heterocycles. The molecule has 2 aliphatic rings. The van der Waals surface area contributed by atoms with E-state index in [2.05, 4.69) is 14.9 Å². The highest BCUT2D eigenvalue weighted by Gasteiger charge is 2.44. The van der Waals surface area contributed by atoms with E-state index in [4.69, 9.17) is 20.6 Å². The molecule has 4 rings (SSSR count). The number of nitrogens with zero attached hydrogens (tertiary/aromatic N) is 5. The summed E-state index contributed by atoms with van der Waals surface area (Å²) in [6.45, 7) is 1.61. The van der Waals surface area contributed by atoms with Crippen LogP contribution in [-0.2, 0) is 16.6 Å². The van der Waals surface area contributed by atoms with Crippen molar-refractivity contribution in [3.05, 3.63) is 41.3 Å². The molecule has 0 bridgehead atoms. The minimum absolute atomic E-state index is 0.0608. The predicted molar refractivity (Wildman–Crippen MR) is 109 cm³/mol. The van der Waals surface area contributed by atoms with Crippen LogP contribution in [0.4, 0.5) is 11.8 Å². The van der Waals surface area contributed by atoms with Gasteiger partial charge in [0.15, 0.2) is 0 Å². The van der Waals surface area contributed by atoms with E-state index in [0.717, 1.165) is 50.5 Å². The molecule has 0 radical (unpaired) electrons. The van der Waals surface area contributed by atoms with Crippen LogP contribution in [-0.4, -0.2) is 59.6 Å². The Hall–Kier alpha value is -3.23. The molecule has 1 amide bonds. The number of fused-ring (bicyclic) bond motifs is 2. The number of rotatable bonds is 3. The number of amides is 1. The van der Waals surface area contributed by atoms with Crippen molar-refractivity contribution in [3.63, 3.8) is 0 Å². The number of anilines is 2. The van der Waals surface area contributed by atoms with Gasteiger partial charge in [-0.3, -0.25) is 9.59 Å². The smallest absolute Gasteiger partial charge is 0.290 e. The third kappa shape index (κ3) is 4.13. The van der Waals surface area contributed by atoms with Crippen molar-refractivity contribution in [2.75, 3.05) is 37.0 Å². The molecule has 1 fully saturated rings. The molecule has 2 aromatic heterocycles. The first-order chi connectivity index (χ1) is 13.9. The van der Waals surface area contributed by atoms with Gasteiger partial charge in [0.2, 0.25) is 11.9 Å². The van der Waals surface area contributed by atoms with E-state index in [-0.39, 0.29) is 11.9 Å². The average molecular weight is 398 g/mol. The lowest BCUT2D eigenvalue weighted by Gasteiger charge is -2.41. The second-order valence-electron chi connectivity index (χ2n) is 7.62. The number of carbonyl (C=O) groups is 2. The summed E-state index contributed by atoms with van der Waals surface area (Å²) >= 11 is 0. The van der Waals surface area contributed by atoms with E-state index in [1.807, 2.05) is 31.3 Å². The first kappa shape index (κ1) is 20.5. The lowest BCUT2D eigenvalue weighted by atomic mass is 9.77. The SMILES string of the molecule is CN(C)c1ncc2c(n1)C1(CCCN(c3ccc(C(N)=O)cn3)C1)CC2.O=CO. The standard InChI is InChI=1S/C19H24N6O.CH2O2/c1-24(2)18-22-10-13-6-8-19(16(13)23-18)7-3-9-25(12-19)15-5-4-14(11-21-15)17(20)26;2-1-3/h4-5,10-11H,3,6-9,12H2,1-2H3,(H2,20,26);1H,(H,2,3). The summed E-state index contributed by atoms with van der Waals surface area (Å²) < 4.78 is 0. The van der Waals surface area contributed by atoms with Gasteiger partial charge in [-0.1, -0.05) is 0 Å². The Bertz CT molecular complexity index is 882. The molecule has 1 spiro atoms. The summed E-state index contributed by atoms with van der Waals surface area (Å²) in [4.78, 5) is 37.7. The molecular formula is C20H26N6O3. The summed E-state index contributed by atoms with van der Waals surface area (Å²) in [6.07, 6.45) is 7.92. The third-order valence-electron chi connectivity index (χ3n) is 5.56. The summed E-state index contributed by atoms with van der Waals surface area (Å²) in [5.74, 6) is 1.22. The lowest BCUT2D eigenvalue weighted by molar-refractivity contribution is -0.122. The number of hydrogen-bond acceptors (Lipinski definition) is 7. The molecule has 1 atom stereocenters. The number of hydrogen-bond donors (Lipinski definition) is 2. The van der Waals surface area contributed by atoms with Crippen molar-refractivity contribution in [2.45, 2.75) is 31.1 Å². The molecular weight excluding hydrogens is 372 g/mol. The van der Waals surface area contributed by atoms with Crippen LogP contribution < -0.4 is 15.5 Å². The van der Waals surface area contributed by atoms with Crippen LogP contribution in [0.1, 0.15) is 40.9 Å². The van der Waals surface area contributed by atoms with Crippen molar-refractivity contribution in [1.29, 1.82) is 0 Å². The maximum absolute atomic E-state index is 11.3. The van der Waals surface area contributed by atoms with E-state index in [1.54, 1.807) is 12.3 Å². The molecule has 3 heterocycles. The molecule has 1 aliphatic carbocycles. The molecule has 0 saturated carbocycles. The largest absolute Gasteiger partial charge is 0.483 e. The van der Waals surface area contributed by atoms with Gasteiger partial charge in [0, 0.05) is 45.0 Å². The van der Waals surface area contributed by atoms with Gasteiger partial charge in [0.25, 0.3) is 6.47 Å². The predicted octanol–water partition coefficient (Wildman–Crippen LogP) is 1.22. The number of aromatic nitrogens is 3. The maximum Gasteiger partial charge on any atom is 0.290 e. The van der Waals surface area contributed by atoms with Crippen LogP contribution in [0.25, 0.3) is 0 Å². The second kappa shape index (κ2) is 8.42. The van der Waals surface area contributed by atoms with Crippen LogP contribution in [0.3, 0.4) is 0 Å². The highest BCUT2D eigenvalue weighted by atomic mass is 16.3. The first-order valence-corrected chi connectivity index (χ1v) is 9.52. The van der Waals surface area contributed by atoms with Crippen LogP contribution in [0.15, 0.2) is 24.5 Å². The first-order valence-electron chi connectivity index (χ1n) is 9.52. The number of piperidine rings is 1. The summed E-state index contributed by atoms with van der Waals surface area (Å²) in [5, 5.41) is 6.89. The molecule has 154 valence electrons. The Morgan fingerprint density at radius 1 is 1.28 bits per heavy atom. The van der Waals surface area contributed by atoms with E-state index >= 15 is 0 Å². The fourth-order valence-corrected chi connectivity index (χ4v) is 4.19. The molecule has 0 aromatic carbocycles. The van der Waals surface area contributed by atoms with Gasteiger partial charge >= 0.3 is 0 Å². The normalized spacial score (nSPS) is 19.9. The summed E-state index contributed by atoms with van der Waals surface area (Å²) in [5.41, 5.74) is 8.29. The number of aryl methyl sites for hydroxylation is 1. The molecule has 29 heavy (non-hydrogen) atoms. The Morgan fingerprint density at radius 3 is 2.66 bits per heavy atom. The van der Waals surface area contributed by atoms with E-state index < -0.39 is 5.91 Å². The van der Waals surface area contributed by atoms with Crippen LogP contribution in [0.5, 0.6) is 0 Å². The number of pyridine rings is 1. The third-order valence-corrected chi connectivity index (χ3v) is 5.56. The molecule has 3 N–H and O–H groups in total. The minimum atomic E-state index is -0.447. The van der Waals surface area contributed by atoms with E-state index in [9.17, 15) is 4.79 Å². The van der Waals surface area contributed by atoms with Gasteiger partial charge < -0.3 is 20.6 Å². The lowest BCUT2D eigenvalue weighted by Crippen LogP contribution is -2.46. The Morgan fingerprint density at radius 2 is 2.03 bits per heavy atom. The number of carbonyl (C=O) groups excluding carboxylic acids is 1. The van der Waals surface area contributed by atoms with Crippen LogP contribution >= 0.6 is 0 Å². The Kier molecular flexibility index (Phi) is 5.95. The quantitative estimate of drug-likeness (QED) is 0.739. The van der Waals surface area contributed by atoms with Gasteiger partial charge in [-0.05, 0) is 43.4 Å². The van der Waals surface area contributed by atoms with E-state index in [0.29, 0.717) is 5.56 Å². The monoisotopic (exact) mass is 398 g/mol. The molecule has 1 saturated heterocycles. The van der Waals surface area contributed by atoms with Crippen molar-refractivity contribution in [3.8, 4) is 0 Å². The van der Waals surface area contributed by atoms with Gasteiger partial charge in [-0.15, -0.1) is 0 Å². The molecule has 1 unspecified atom stereocenters. The number of carboxylic acid groups (broad SMARTS) is 1. The second-order valence-corrected chi connectivity index (χ2v) is 7.62. The zero-order chi connectivity index (χ0) is 21.0. The van der Waals surface area contributed by atoms with Gasteiger partial charge in [0.1, 0.15) is 5.82 Å². The van der Waals surface area contributed by atoms with Crippen molar-refractivity contribution in [2.24, 2.45) is 5.73 Å². The zero-order valence-corrected chi connectivity index (χ0v) is 16.7. The Labute approximate surface area is 169 Å². The highest BCUT2D eigenvalue weighted by Crippen LogP contribution is 2.44. The van der Waals surface area contributed by atoms with Crippen molar-refractivity contribution >= 4 is 24.1 Å². The minimum Gasteiger partial charge on any atom is -0.483 e. The summed E-state index contributed by atoms with van der Waals surface area (Å²) in [6, 6.07) is 3.64. The number of primary amides is 1. The average Bonchev–Trinajstić information content (AvgIpc) is 3.06. The topological polar surface area (TPSA) is 126 Å². The fourth-order valence-electron chi connectivity index (χ4n) is 4.19. The Balaban J connectivity index is 0.000000755. The molecule has 9 heteroatoms. The number of nitrogens with two attached hydrogens (primary N) is 1. The van der Waals surface area contributed by atoms with Gasteiger partial charge in [-0.2, -0.15) is 0 Å². The highest BCUT2D eigenvalue weighted by molar-refractivity contribution is 5.92. The zero-order valence-electron chi connectivity index (χ0n) is 16.7. The van der Waals surface area contributed by atoms with Gasteiger partial charge in [-0.25, -0.2) is 15.0 Å². The fraction of sp³-hybridized carbons (Fsp3) is 0.450. The van der Waals surface area contributed by atoms with Crippen LogP contribution in [0.2, 0.25) is 0 Å². The van der Waals surface area contributed by atoms with Crippen molar-refractivity contribution < 1.29 is 14.7 Å². The van der Waals surface area contributed by atoms with Gasteiger partial charge in [0.05, 0.1) is 11.3 Å².